The summed E-state index contributed by atoms with van der Waals surface area (Å²) >= 11 is 5.94. The van der Waals surface area contributed by atoms with Gasteiger partial charge in [0, 0.05) is 28.4 Å². The first-order valence-corrected chi connectivity index (χ1v) is 7.98. The van der Waals surface area contributed by atoms with E-state index in [9.17, 15) is 10.1 Å². The Morgan fingerprint density at radius 2 is 1.69 bits per heavy atom. The van der Waals surface area contributed by atoms with Gasteiger partial charge in [-0.2, -0.15) is 4.98 Å². The molecule has 0 aliphatic rings. The topological polar surface area (TPSA) is 133 Å². The minimum atomic E-state index is -0.450. The summed E-state index contributed by atoms with van der Waals surface area (Å²) in [5.41, 5.74) is 14.6. The summed E-state index contributed by atoms with van der Waals surface area (Å²) in [7, 11) is 0. The van der Waals surface area contributed by atoms with E-state index in [1.807, 2.05) is 12.1 Å². The number of nitrogens with two attached hydrogens (primary N) is 2. The molecule has 0 amide bonds. The molecule has 1 aromatic heterocycles. The van der Waals surface area contributed by atoms with E-state index in [1.165, 1.54) is 12.1 Å². The molecular formula is C17H15ClN6O2. The number of halogens is 1. The molecule has 0 unspecified atom stereocenters. The fraction of sp³-hybridized carbons (Fsp3) is 0.0588. The third-order valence-corrected chi connectivity index (χ3v) is 3.95. The average molecular weight is 371 g/mol. The van der Waals surface area contributed by atoms with Gasteiger partial charge in [0.15, 0.2) is 0 Å². The van der Waals surface area contributed by atoms with Crippen LogP contribution in [0.15, 0.2) is 48.5 Å². The van der Waals surface area contributed by atoms with Crippen molar-refractivity contribution in [1.29, 1.82) is 0 Å². The van der Waals surface area contributed by atoms with Gasteiger partial charge < -0.3 is 16.8 Å². The van der Waals surface area contributed by atoms with Gasteiger partial charge in [0.25, 0.3) is 5.69 Å². The van der Waals surface area contributed by atoms with E-state index < -0.39 is 4.92 Å². The summed E-state index contributed by atoms with van der Waals surface area (Å²) in [6.07, 6.45) is 0. The number of nitro groups is 1. The van der Waals surface area contributed by atoms with E-state index in [4.69, 9.17) is 23.1 Å². The Bertz CT molecular complexity index is 945. The smallest absolute Gasteiger partial charge is 0.269 e. The second-order valence-electron chi connectivity index (χ2n) is 5.45. The maximum Gasteiger partial charge on any atom is 0.269 e. The van der Waals surface area contributed by atoms with Crippen molar-refractivity contribution in [3.63, 3.8) is 0 Å². The molecule has 8 nitrogen and oxygen atoms in total. The molecule has 26 heavy (non-hydrogen) atoms. The van der Waals surface area contributed by atoms with E-state index in [1.54, 1.807) is 24.3 Å². The van der Waals surface area contributed by atoms with Crippen molar-refractivity contribution in [1.82, 2.24) is 9.97 Å². The highest BCUT2D eigenvalue weighted by Crippen LogP contribution is 2.30. The molecule has 0 radical (unpaired) electrons. The van der Waals surface area contributed by atoms with Gasteiger partial charge in [-0.3, -0.25) is 10.1 Å². The van der Waals surface area contributed by atoms with Gasteiger partial charge in [0.2, 0.25) is 5.95 Å². The van der Waals surface area contributed by atoms with Gasteiger partial charge in [-0.15, -0.1) is 0 Å². The number of aromatic nitrogens is 2. The fourth-order valence-corrected chi connectivity index (χ4v) is 2.62. The highest BCUT2D eigenvalue weighted by Gasteiger charge is 2.14. The Balaban J connectivity index is 1.89. The number of nitro benzene ring substituents is 1. The molecule has 2 aromatic carbocycles. The Hall–Kier alpha value is -3.39. The zero-order valence-corrected chi connectivity index (χ0v) is 14.3. The van der Waals surface area contributed by atoms with Crippen molar-refractivity contribution in [2.75, 3.05) is 16.8 Å². The van der Waals surface area contributed by atoms with Crippen molar-refractivity contribution in [3.05, 3.63) is 69.4 Å². The predicted octanol–water partition coefficient (Wildman–Crippen LogP) is 3.48. The van der Waals surface area contributed by atoms with Crippen LogP contribution in [-0.2, 0) is 6.54 Å². The van der Waals surface area contributed by atoms with E-state index in [2.05, 4.69) is 15.3 Å². The summed E-state index contributed by atoms with van der Waals surface area (Å²) in [4.78, 5) is 18.6. The van der Waals surface area contributed by atoms with Crippen LogP contribution in [0.3, 0.4) is 0 Å². The Kier molecular flexibility index (Phi) is 4.85. The largest absolute Gasteiger partial charge is 0.383 e. The lowest BCUT2D eigenvalue weighted by Gasteiger charge is -2.13. The highest BCUT2D eigenvalue weighted by atomic mass is 35.5. The summed E-state index contributed by atoms with van der Waals surface area (Å²) in [5.74, 6) is 0.334. The lowest BCUT2D eigenvalue weighted by molar-refractivity contribution is -0.384. The van der Waals surface area contributed by atoms with Gasteiger partial charge in [0.1, 0.15) is 5.82 Å². The lowest BCUT2D eigenvalue weighted by Crippen LogP contribution is -2.10. The SMILES string of the molecule is Nc1nc(N)c(-c2ccc(Cl)cc2)c(CNc2ccc([N+](=O)[O-])cc2)n1. The van der Waals surface area contributed by atoms with E-state index in [0.29, 0.717) is 28.5 Å². The second-order valence-corrected chi connectivity index (χ2v) is 5.89. The van der Waals surface area contributed by atoms with Crippen molar-refractivity contribution in [3.8, 4) is 11.1 Å². The molecule has 0 saturated carbocycles. The van der Waals surface area contributed by atoms with Gasteiger partial charge >= 0.3 is 0 Å². The summed E-state index contributed by atoms with van der Waals surface area (Å²) < 4.78 is 0. The Labute approximate surface area is 154 Å². The average Bonchev–Trinajstić information content (AvgIpc) is 2.61. The monoisotopic (exact) mass is 370 g/mol. The van der Waals surface area contributed by atoms with Crippen LogP contribution in [0, 0.1) is 10.1 Å². The number of hydrogen-bond acceptors (Lipinski definition) is 7. The van der Waals surface area contributed by atoms with Crippen LogP contribution in [-0.4, -0.2) is 14.9 Å². The number of hydrogen-bond donors (Lipinski definition) is 3. The fourth-order valence-electron chi connectivity index (χ4n) is 2.49. The minimum Gasteiger partial charge on any atom is -0.383 e. The molecular weight excluding hydrogens is 356 g/mol. The van der Waals surface area contributed by atoms with Crippen LogP contribution < -0.4 is 16.8 Å². The van der Waals surface area contributed by atoms with Gasteiger partial charge in [-0.1, -0.05) is 23.7 Å². The molecule has 0 bridgehead atoms. The third-order valence-electron chi connectivity index (χ3n) is 3.70. The van der Waals surface area contributed by atoms with Crippen LogP contribution in [0.2, 0.25) is 5.02 Å². The molecule has 3 rings (SSSR count). The first-order valence-electron chi connectivity index (χ1n) is 7.60. The number of anilines is 3. The number of nitrogen functional groups attached to an aromatic ring is 2. The van der Waals surface area contributed by atoms with E-state index in [-0.39, 0.29) is 17.5 Å². The summed E-state index contributed by atoms with van der Waals surface area (Å²) in [6.45, 7) is 0.312. The lowest BCUT2D eigenvalue weighted by atomic mass is 10.0. The van der Waals surface area contributed by atoms with Gasteiger partial charge in [-0.05, 0) is 29.8 Å². The Morgan fingerprint density at radius 1 is 1.04 bits per heavy atom. The van der Waals surface area contributed by atoms with Crippen LogP contribution in [0.1, 0.15) is 5.69 Å². The Morgan fingerprint density at radius 3 is 2.31 bits per heavy atom. The van der Waals surface area contributed by atoms with Crippen molar-refractivity contribution >= 4 is 34.7 Å². The summed E-state index contributed by atoms with van der Waals surface area (Å²) in [6, 6.07) is 13.2. The first-order chi connectivity index (χ1) is 12.4. The number of nitrogens with zero attached hydrogens (tertiary/aromatic N) is 3. The zero-order chi connectivity index (χ0) is 18.7. The van der Waals surface area contributed by atoms with Crippen molar-refractivity contribution in [2.45, 2.75) is 6.54 Å². The number of non-ortho nitro benzene ring substituents is 1. The maximum absolute atomic E-state index is 10.7. The van der Waals surface area contributed by atoms with E-state index >= 15 is 0 Å². The van der Waals surface area contributed by atoms with Crippen LogP contribution in [0.4, 0.5) is 23.1 Å². The molecule has 0 saturated heterocycles. The first kappa shape index (κ1) is 17.4. The predicted molar refractivity (Wildman–Crippen MR) is 102 cm³/mol. The standard InChI is InChI=1S/C17H15ClN6O2/c18-11-3-1-10(2-4-11)15-14(22-17(20)23-16(15)19)9-21-12-5-7-13(8-6-12)24(25)26/h1-8,21H,9H2,(H4,19,20,22,23). The minimum absolute atomic E-state index is 0.0212. The molecule has 0 aliphatic carbocycles. The third kappa shape index (κ3) is 3.81. The van der Waals surface area contributed by atoms with Crippen LogP contribution in [0.5, 0.6) is 0 Å². The van der Waals surface area contributed by atoms with Crippen molar-refractivity contribution < 1.29 is 4.92 Å². The zero-order valence-electron chi connectivity index (χ0n) is 13.5. The molecule has 0 aliphatic heterocycles. The highest BCUT2D eigenvalue weighted by molar-refractivity contribution is 6.30. The molecule has 5 N–H and O–H groups in total. The van der Waals surface area contributed by atoms with Gasteiger partial charge in [-0.25, -0.2) is 4.98 Å². The molecule has 132 valence electrons. The molecule has 9 heteroatoms. The van der Waals surface area contributed by atoms with Gasteiger partial charge in [0.05, 0.1) is 17.2 Å². The second kappa shape index (κ2) is 7.24. The number of benzene rings is 2. The molecule has 0 atom stereocenters. The molecule has 3 aromatic rings. The molecule has 0 fully saturated rings. The number of nitrogens with one attached hydrogen (secondary N) is 1. The quantitative estimate of drug-likeness (QED) is 0.462. The molecule has 0 spiro atoms. The van der Waals surface area contributed by atoms with E-state index in [0.717, 1.165) is 5.56 Å². The molecule has 1 heterocycles. The van der Waals surface area contributed by atoms with Crippen LogP contribution >= 0.6 is 11.6 Å². The maximum atomic E-state index is 10.7. The van der Waals surface area contributed by atoms with Crippen molar-refractivity contribution in [2.24, 2.45) is 0 Å². The summed E-state index contributed by atoms with van der Waals surface area (Å²) in [5, 5.41) is 14.5. The van der Waals surface area contributed by atoms with Crippen LogP contribution in [0.25, 0.3) is 11.1 Å². The number of rotatable bonds is 5. The normalized spacial score (nSPS) is 10.5.